The van der Waals surface area contributed by atoms with Crippen LogP contribution in [0.2, 0.25) is 0 Å². The molecule has 1 aliphatic heterocycles. The van der Waals surface area contributed by atoms with E-state index in [4.69, 9.17) is 5.73 Å². The Bertz CT molecular complexity index is 201. The Labute approximate surface area is 79.6 Å². The highest BCUT2D eigenvalue weighted by Gasteiger charge is 2.20. The van der Waals surface area contributed by atoms with Crippen LogP contribution in [0.15, 0.2) is 12.2 Å². The molecule has 0 aromatic carbocycles. The van der Waals surface area contributed by atoms with Crippen LogP contribution in [0, 0.1) is 5.92 Å². The average molecular weight is 182 g/mol. The van der Waals surface area contributed by atoms with E-state index in [0.29, 0.717) is 12.5 Å². The van der Waals surface area contributed by atoms with Crippen molar-refractivity contribution in [2.45, 2.75) is 19.8 Å². The van der Waals surface area contributed by atoms with Crippen molar-refractivity contribution in [3.05, 3.63) is 12.2 Å². The van der Waals surface area contributed by atoms with Crippen molar-refractivity contribution in [1.29, 1.82) is 0 Å². The highest BCUT2D eigenvalue weighted by Crippen LogP contribution is 2.15. The standard InChI is InChI=1S/C10H18N2O/c1-2-4-10(13)12-6-3-5-9(7-11)8-12/h2,4,9H,3,5-8,11H2,1H3. The van der Waals surface area contributed by atoms with Gasteiger partial charge in [-0.25, -0.2) is 0 Å². The fourth-order valence-corrected chi connectivity index (χ4v) is 1.71. The molecular formula is C10H18N2O. The van der Waals surface area contributed by atoms with E-state index >= 15 is 0 Å². The first-order valence-electron chi connectivity index (χ1n) is 4.89. The molecule has 1 unspecified atom stereocenters. The molecular weight excluding hydrogens is 164 g/mol. The van der Waals surface area contributed by atoms with E-state index in [1.54, 1.807) is 12.2 Å². The molecule has 3 nitrogen and oxygen atoms in total. The lowest BCUT2D eigenvalue weighted by Crippen LogP contribution is -2.41. The number of piperidine rings is 1. The monoisotopic (exact) mass is 182 g/mol. The van der Waals surface area contributed by atoms with Crippen LogP contribution in [0.5, 0.6) is 0 Å². The summed E-state index contributed by atoms with van der Waals surface area (Å²) < 4.78 is 0. The van der Waals surface area contributed by atoms with Gasteiger partial charge in [-0.1, -0.05) is 6.08 Å². The molecule has 1 saturated heterocycles. The molecule has 0 aromatic heterocycles. The molecule has 0 saturated carbocycles. The van der Waals surface area contributed by atoms with Gasteiger partial charge in [0.1, 0.15) is 0 Å². The van der Waals surface area contributed by atoms with Crippen molar-refractivity contribution in [1.82, 2.24) is 4.90 Å². The van der Waals surface area contributed by atoms with Gasteiger partial charge in [-0.2, -0.15) is 0 Å². The summed E-state index contributed by atoms with van der Waals surface area (Å²) in [6.45, 7) is 4.28. The van der Waals surface area contributed by atoms with Crippen molar-refractivity contribution in [3.63, 3.8) is 0 Å². The molecule has 1 amide bonds. The van der Waals surface area contributed by atoms with Gasteiger partial charge in [-0.15, -0.1) is 0 Å². The number of hydrogen-bond acceptors (Lipinski definition) is 2. The van der Waals surface area contributed by atoms with Crippen molar-refractivity contribution in [2.75, 3.05) is 19.6 Å². The maximum absolute atomic E-state index is 11.5. The summed E-state index contributed by atoms with van der Waals surface area (Å²) in [5.74, 6) is 0.628. The normalized spacial score (nSPS) is 23.8. The summed E-state index contributed by atoms with van der Waals surface area (Å²) in [6, 6.07) is 0. The zero-order chi connectivity index (χ0) is 9.68. The summed E-state index contributed by atoms with van der Waals surface area (Å²) in [5, 5.41) is 0. The fraction of sp³-hybridized carbons (Fsp3) is 0.700. The molecule has 1 heterocycles. The molecule has 1 aliphatic rings. The highest BCUT2D eigenvalue weighted by molar-refractivity contribution is 5.87. The first-order chi connectivity index (χ1) is 6.27. The number of allylic oxidation sites excluding steroid dienone is 1. The molecule has 0 aliphatic carbocycles. The first-order valence-corrected chi connectivity index (χ1v) is 4.89. The van der Waals surface area contributed by atoms with E-state index in [-0.39, 0.29) is 5.91 Å². The van der Waals surface area contributed by atoms with Crippen molar-refractivity contribution < 1.29 is 4.79 Å². The maximum atomic E-state index is 11.5. The van der Waals surface area contributed by atoms with E-state index < -0.39 is 0 Å². The van der Waals surface area contributed by atoms with Crippen LogP contribution >= 0.6 is 0 Å². The summed E-state index contributed by atoms with van der Waals surface area (Å²) in [5.41, 5.74) is 5.58. The van der Waals surface area contributed by atoms with E-state index in [1.165, 1.54) is 0 Å². The molecule has 0 aromatic rings. The zero-order valence-electron chi connectivity index (χ0n) is 8.20. The third-order valence-corrected chi connectivity index (χ3v) is 2.47. The van der Waals surface area contributed by atoms with Gasteiger partial charge in [0.25, 0.3) is 0 Å². The minimum absolute atomic E-state index is 0.126. The topological polar surface area (TPSA) is 46.3 Å². The smallest absolute Gasteiger partial charge is 0.246 e. The summed E-state index contributed by atoms with van der Waals surface area (Å²) in [7, 11) is 0. The van der Waals surface area contributed by atoms with Gasteiger partial charge >= 0.3 is 0 Å². The van der Waals surface area contributed by atoms with Crippen LogP contribution in [-0.2, 0) is 4.79 Å². The molecule has 74 valence electrons. The number of likely N-dealkylation sites (tertiary alicyclic amines) is 1. The second-order valence-electron chi connectivity index (χ2n) is 3.53. The Morgan fingerprint density at radius 2 is 2.46 bits per heavy atom. The Balaban J connectivity index is 2.46. The average Bonchev–Trinajstić information content (AvgIpc) is 2.18. The minimum atomic E-state index is 0.126. The summed E-state index contributed by atoms with van der Waals surface area (Å²) in [4.78, 5) is 13.3. The minimum Gasteiger partial charge on any atom is -0.339 e. The van der Waals surface area contributed by atoms with E-state index in [1.807, 2.05) is 11.8 Å². The molecule has 13 heavy (non-hydrogen) atoms. The predicted octanol–water partition coefficient (Wildman–Crippen LogP) is 0.760. The van der Waals surface area contributed by atoms with Crippen LogP contribution < -0.4 is 5.73 Å². The molecule has 1 fully saturated rings. The third-order valence-electron chi connectivity index (χ3n) is 2.47. The van der Waals surface area contributed by atoms with Gasteiger partial charge in [0.2, 0.25) is 5.91 Å². The van der Waals surface area contributed by atoms with Gasteiger partial charge in [0, 0.05) is 13.1 Å². The number of nitrogens with zero attached hydrogens (tertiary/aromatic N) is 1. The van der Waals surface area contributed by atoms with Gasteiger partial charge in [-0.3, -0.25) is 4.79 Å². The number of carbonyl (C=O) groups is 1. The molecule has 0 bridgehead atoms. The first kappa shape index (κ1) is 10.3. The predicted molar refractivity (Wildman–Crippen MR) is 53.2 cm³/mol. The van der Waals surface area contributed by atoms with Crippen molar-refractivity contribution in [3.8, 4) is 0 Å². The summed E-state index contributed by atoms with van der Waals surface area (Å²) >= 11 is 0. The number of hydrogen-bond donors (Lipinski definition) is 1. The Kier molecular flexibility index (Phi) is 3.96. The van der Waals surface area contributed by atoms with Gasteiger partial charge in [0.05, 0.1) is 0 Å². The lowest BCUT2D eigenvalue weighted by atomic mass is 9.98. The van der Waals surface area contributed by atoms with Crippen molar-refractivity contribution in [2.24, 2.45) is 11.7 Å². The molecule has 1 rings (SSSR count). The molecule has 0 spiro atoms. The van der Waals surface area contributed by atoms with Crippen molar-refractivity contribution >= 4 is 5.91 Å². The second-order valence-corrected chi connectivity index (χ2v) is 3.53. The van der Waals surface area contributed by atoms with Crippen LogP contribution in [0.1, 0.15) is 19.8 Å². The quantitative estimate of drug-likeness (QED) is 0.641. The third kappa shape index (κ3) is 2.84. The molecule has 1 atom stereocenters. The van der Waals surface area contributed by atoms with Crippen LogP contribution in [0.3, 0.4) is 0 Å². The van der Waals surface area contributed by atoms with E-state index in [2.05, 4.69) is 0 Å². The van der Waals surface area contributed by atoms with Crippen LogP contribution in [0.4, 0.5) is 0 Å². The second kappa shape index (κ2) is 5.02. The van der Waals surface area contributed by atoms with Gasteiger partial charge in [-0.05, 0) is 38.3 Å². The van der Waals surface area contributed by atoms with Gasteiger partial charge < -0.3 is 10.6 Å². The Hall–Kier alpha value is -0.830. The van der Waals surface area contributed by atoms with Crippen LogP contribution in [0.25, 0.3) is 0 Å². The number of amides is 1. The van der Waals surface area contributed by atoms with E-state index in [0.717, 1.165) is 25.9 Å². The maximum Gasteiger partial charge on any atom is 0.246 e. The largest absolute Gasteiger partial charge is 0.339 e. The summed E-state index contributed by atoms with van der Waals surface area (Å²) in [6.07, 6.45) is 5.66. The lowest BCUT2D eigenvalue weighted by molar-refractivity contribution is -0.127. The van der Waals surface area contributed by atoms with E-state index in [9.17, 15) is 4.79 Å². The highest BCUT2D eigenvalue weighted by atomic mass is 16.2. The SMILES string of the molecule is CC=CC(=O)N1CCCC(CN)C1. The number of rotatable bonds is 2. The number of nitrogens with two attached hydrogens (primary N) is 1. The molecule has 3 heteroatoms. The fourth-order valence-electron chi connectivity index (χ4n) is 1.71. The van der Waals surface area contributed by atoms with Gasteiger partial charge in [0.15, 0.2) is 0 Å². The van der Waals surface area contributed by atoms with Crippen LogP contribution in [-0.4, -0.2) is 30.4 Å². The number of carbonyl (C=O) groups excluding carboxylic acids is 1. The Morgan fingerprint density at radius 3 is 3.08 bits per heavy atom. The lowest BCUT2D eigenvalue weighted by Gasteiger charge is -2.31. The zero-order valence-corrected chi connectivity index (χ0v) is 8.20. The molecule has 2 N–H and O–H groups in total. The Morgan fingerprint density at radius 1 is 1.69 bits per heavy atom. The molecule has 0 radical (unpaired) electrons.